The summed E-state index contributed by atoms with van der Waals surface area (Å²) < 4.78 is 33.0. The lowest BCUT2D eigenvalue weighted by molar-refractivity contribution is 0.114. The number of hydrogen-bond acceptors (Lipinski definition) is 4. The highest BCUT2D eigenvalue weighted by Crippen LogP contribution is 2.23. The molecule has 0 atom stereocenters. The van der Waals surface area contributed by atoms with E-state index in [0.29, 0.717) is 5.69 Å². The topological polar surface area (TPSA) is 84.5 Å². The van der Waals surface area contributed by atoms with Crippen LogP contribution in [0.5, 0.6) is 0 Å². The molecular weight excluding hydrogens is 340 g/mol. The Balaban J connectivity index is 1.56. The summed E-state index contributed by atoms with van der Waals surface area (Å²) in [6.07, 6.45) is 8.64. The van der Waals surface area contributed by atoms with Crippen LogP contribution in [0.25, 0.3) is 0 Å². The normalized spacial score (nSPS) is 19.7. The molecule has 0 bridgehead atoms. The smallest absolute Gasteiger partial charge is 0.411 e. The van der Waals surface area contributed by atoms with Gasteiger partial charge in [0.1, 0.15) is 6.10 Å². The third-order valence-electron chi connectivity index (χ3n) is 4.91. The second kappa shape index (κ2) is 8.19. The van der Waals surface area contributed by atoms with E-state index in [1.807, 2.05) is 0 Å². The van der Waals surface area contributed by atoms with Crippen molar-refractivity contribution < 1.29 is 17.9 Å². The van der Waals surface area contributed by atoms with Gasteiger partial charge in [0.2, 0.25) is 10.0 Å². The van der Waals surface area contributed by atoms with Gasteiger partial charge in [0.05, 0.1) is 4.90 Å². The molecule has 25 heavy (non-hydrogen) atoms. The van der Waals surface area contributed by atoms with E-state index in [2.05, 4.69) is 10.0 Å². The lowest BCUT2D eigenvalue weighted by Crippen LogP contribution is -2.36. The SMILES string of the molecule is O=C(Nc1ccc(S(=O)(=O)NC2CCCCC2)cc1)OC1CCCC1. The standard InChI is InChI=1S/C18H26N2O4S/c21-18(24-16-8-4-5-9-16)19-14-10-12-17(13-11-14)25(22,23)20-15-6-2-1-3-7-15/h10-13,15-16,20H,1-9H2,(H,19,21). The number of sulfonamides is 1. The van der Waals surface area contributed by atoms with Gasteiger partial charge in [-0.3, -0.25) is 5.32 Å². The average Bonchev–Trinajstić information content (AvgIpc) is 3.08. The Bertz CT molecular complexity index is 676. The number of carbonyl (C=O) groups is 1. The molecule has 2 aliphatic carbocycles. The second-order valence-electron chi connectivity index (χ2n) is 6.92. The van der Waals surface area contributed by atoms with Crippen molar-refractivity contribution >= 4 is 21.8 Å². The summed E-state index contributed by atoms with van der Waals surface area (Å²) in [7, 11) is -3.52. The minimum Gasteiger partial charge on any atom is -0.446 e. The highest BCUT2D eigenvalue weighted by molar-refractivity contribution is 7.89. The summed E-state index contributed by atoms with van der Waals surface area (Å²) in [4.78, 5) is 12.1. The molecule has 0 radical (unpaired) electrons. The minimum absolute atomic E-state index is 0.000607. The van der Waals surface area contributed by atoms with Gasteiger partial charge in [-0.05, 0) is 62.8 Å². The maximum absolute atomic E-state index is 12.4. The molecule has 0 unspecified atom stereocenters. The first kappa shape index (κ1) is 18.2. The summed E-state index contributed by atoms with van der Waals surface area (Å²) in [5.41, 5.74) is 0.527. The zero-order chi connectivity index (χ0) is 17.7. The molecule has 0 spiro atoms. The molecule has 1 aromatic carbocycles. The summed E-state index contributed by atoms with van der Waals surface area (Å²) >= 11 is 0. The first-order valence-electron chi connectivity index (χ1n) is 9.13. The number of nitrogens with one attached hydrogen (secondary N) is 2. The van der Waals surface area contributed by atoms with Crippen LogP contribution in [0.1, 0.15) is 57.8 Å². The van der Waals surface area contributed by atoms with Gasteiger partial charge in [0.25, 0.3) is 0 Å². The molecule has 0 aliphatic heterocycles. The van der Waals surface area contributed by atoms with Crippen molar-refractivity contribution in [2.24, 2.45) is 0 Å². The highest BCUT2D eigenvalue weighted by atomic mass is 32.2. The number of ether oxygens (including phenoxy) is 1. The van der Waals surface area contributed by atoms with Gasteiger partial charge in [-0.15, -0.1) is 0 Å². The van der Waals surface area contributed by atoms with Crippen molar-refractivity contribution in [2.75, 3.05) is 5.32 Å². The second-order valence-corrected chi connectivity index (χ2v) is 8.63. The molecule has 2 aliphatic rings. The van der Waals surface area contributed by atoms with Gasteiger partial charge in [-0.1, -0.05) is 19.3 Å². The molecule has 1 aromatic rings. The molecule has 0 aromatic heterocycles. The number of benzene rings is 1. The predicted molar refractivity (Wildman–Crippen MR) is 96.0 cm³/mol. The van der Waals surface area contributed by atoms with Crippen LogP contribution in [0.15, 0.2) is 29.2 Å². The number of rotatable bonds is 5. The van der Waals surface area contributed by atoms with E-state index in [-0.39, 0.29) is 17.0 Å². The Hall–Kier alpha value is -1.60. The van der Waals surface area contributed by atoms with Gasteiger partial charge in [-0.25, -0.2) is 17.9 Å². The van der Waals surface area contributed by atoms with Crippen molar-refractivity contribution in [1.82, 2.24) is 4.72 Å². The summed E-state index contributed by atoms with van der Waals surface area (Å²) in [6, 6.07) is 6.22. The summed E-state index contributed by atoms with van der Waals surface area (Å²) in [5.74, 6) is 0. The van der Waals surface area contributed by atoms with Gasteiger partial charge >= 0.3 is 6.09 Å². The molecule has 0 heterocycles. The third-order valence-corrected chi connectivity index (χ3v) is 6.45. The molecule has 0 saturated heterocycles. The lowest BCUT2D eigenvalue weighted by Gasteiger charge is -2.22. The van der Waals surface area contributed by atoms with Gasteiger partial charge in [0, 0.05) is 11.7 Å². The predicted octanol–water partition coefficient (Wildman–Crippen LogP) is 3.79. The van der Waals surface area contributed by atoms with Crippen LogP contribution in [0.3, 0.4) is 0 Å². The van der Waals surface area contributed by atoms with Crippen molar-refractivity contribution in [3.05, 3.63) is 24.3 Å². The quantitative estimate of drug-likeness (QED) is 0.830. The highest BCUT2D eigenvalue weighted by Gasteiger charge is 2.22. The maximum atomic E-state index is 12.4. The Kier molecular flexibility index (Phi) is 5.96. The molecule has 2 N–H and O–H groups in total. The van der Waals surface area contributed by atoms with E-state index >= 15 is 0 Å². The fourth-order valence-corrected chi connectivity index (χ4v) is 4.84. The number of anilines is 1. The van der Waals surface area contributed by atoms with Crippen molar-refractivity contribution in [2.45, 2.75) is 74.8 Å². The summed E-state index contributed by atoms with van der Waals surface area (Å²) in [6.45, 7) is 0. The molecule has 2 saturated carbocycles. The molecule has 2 fully saturated rings. The maximum Gasteiger partial charge on any atom is 0.411 e. The third kappa shape index (κ3) is 5.19. The first-order chi connectivity index (χ1) is 12.0. The van der Waals surface area contributed by atoms with Crippen LogP contribution < -0.4 is 10.0 Å². The Morgan fingerprint density at radius 3 is 2.16 bits per heavy atom. The molecule has 1 amide bonds. The molecule has 6 nitrogen and oxygen atoms in total. The fourth-order valence-electron chi connectivity index (χ4n) is 3.53. The first-order valence-corrected chi connectivity index (χ1v) is 10.6. The number of amides is 1. The van der Waals surface area contributed by atoms with E-state index in [4.69, 9.17) is 4.74 Å². The van der Waals surface area contributed by atoms with E-state index in [1.165, 1.54) is 18.6 Å². The molecule has 7 heteroatoms. The van der Waals surface area contributed by atoms with Crippen molar-refractivity contribution in [3.63, 3.8) is 0 Å². The monoisotopic (exact) mass is 366 g/mol. The van der Waals surface area contributed by atoms with Crippen LogP contribution in [0.4, 0.5) is 10.5 Å². The molecular formula is C18H26N2O4S. The number of hydrogen-bond donors (Lipinski definition) is 2. The average molecular weight is 366 g/mol. The fraction of sp³-hybridized carbons (Fsp3) is 0.611. The van der Waals surface area contributed by atoms with Crippen LogP contribution >= 0.6 is 0 Å². The molecule has 138 valence electrons. The van der Waals surface area contributed by atoms with E-state index < -0.39 is 16.1 Å². The van der Waals surface area contributed by atoms with E-state index in [0.717, 1.165) is 51.4 Å². The molecule has 3 rings (SSSR count). The van der Waals surface area contributed by atoms with Gasteiger partial charge < -0.3 is 4.74 Å². The Morgan fingerprint density at radius 1 is 0.920 bits per heavy atom. The Labute approximate surface area is 149 Å². The van der Waals surface area contributed by atoms with Crippen molar-refractivity contribution in [1.29, 1.82) is 0 Å². The number of carbonyl (C=O) groups excluding carboxylic acids is 1. The zero-order valence-corrected chi connectivity index (χ0v) is 15.2. The van der Waals surface area contributed by atoms with Crippen molar-refractivity contribution in [3.8, 4) is 0 Å². The van der Waals surface area contributed by atoms with Crippen LogP contribution in [0, 0.1) is 0 Å². The van der Waals surface area contributed by atoms with Gasteiger partial charge in [0.15, 0.2) is 0 Å². The lowest BCUT2D eigenvalue weighted by atomic mass is 9.96. The van der Waals surface area contributed by atoms with E-state index in [9.17, 15) is 13.2 Å². The van der Waals surface area contributed by atoms with Gasteiger partial charge in [-0.2, -0.15) is 0 Å². The Morgan fingerprint density at radius 2 is 1.52 bits per heavy atom. The van der Waals surface area contributed by atoms with Crippen LogP contribution in [0.2, 0.25) is 0 Å². The van der Waals surface area contributed by atoms with Crippen LogP contribution in [-0.2, 0) is 14.8 Å². The van der Waals surface area contributed by atoms with Crippen LogP contribution in [-0.4, -0.2) is 26.7 Å². The largest absolute Gasteiger partial charge is 0.446 e. The zero-order valence-electron chi connectivity index (χ0n) is 14.4. The van der Waals surface area contributed by atoms with E-state index in [1.54, 1.807) is 12.1 Å². The minimum atomic E-state index is -3.52. The summed E-state index contributed by atoms with van der Waals surface area (Å²) in [5, 5.41) is 2.65.